The Morgan fingerprint density at radius 1 is 1.50 bits per heavy atom. The van der Waals surface area contributed by atoms with Crippen LogP contribution in [0.4, 0.5) is 4.79 Å². The predicted molar refractivity (Wildman–Crippen MR) is 47.2 cm³/mol. The molecule has 1 atom stereocenters. The fourth-order valence-corrected chi connectivity index (χ4v) is 1.64. The Bertz CT molecular complexity index is 183. The van der Waals surface area contributed by atoms with Gasteiger partial charge in [-0.2, -0.15) is 0 Å². The van der Waals surface area contributed by atoms with Crippen LogP contribution < -0.4 is 0 Å². The molecule has 0 saturated carbocycles. The summed E-state index contributed by atoms with van der Waals surface area (Å²) in [5, 5.41) is 8.72. The lowest BCUT2D eigenvalue weighted by Gasteiger charge is -2.26. The van der Waals surface area contributed by atoms with Gasteiger partial charge in [-0.05, 0) is 17.8 Å². The molecular weight excluding hydrogens is 154 g/mol. The fourth-order valence-electron chi connectivity index (χ4n) is 1.64. The van der Waals surface area contributed by atoms with Crippen molar-refractivity contribution in [3.8, 4) is 0 Å². The van der Waals surface area contributed by atoms with Crippen molar-refractivity contribution in [3.05, 3.63) is 0 Å². The molecule has 1 aliphatic heterocycles. The summed E-state index contributed by atoms with van der Waals surface area (Å²) in [5.74, 6) is 0.522. The van der Waals surface area contributed by atoms with E-state index in [-0.39, 0.29) is 5.41 Å². The Morgan fingerprint density at radius 2 is 2.08 bits per heavy atom. The molecule has 1 N–H and O–H groups in total. The zero-order valence-corrected chi connectivity index (χ0v) is 8.00. The van der Waals surface area contributed by atoms with Crippen molar-refractivity contribution in [2.45, 2.75) is 27.2 Å². The van der Waals surface area contributed by atoms with E-state index in [4.69, 9.17) is 5.11 Å². The molecule has 70 valence electrons. The molecule has 3 nitrogen and oxygen atoms in total. The molecule has 3 heteroatoms. The Balaban J connectivity index is 2.51. The molecule has 0 aromatic rings. The van der Waals surface area contributed by atoms with E-state index in [0.717, 1.165) is 6.42 Å². The maximum absolute atomic E-state index is 10.6. The Hall–Kier alpha value is -0.730. The van der Waals surface area contributed by atoms with Crippen LogP contribution in [-0.2, 0) is 0 Å². The first-order valence-electron chi connectivity index (χ1n) is 4.39. The average molecular weight is 171 g/mol. The molecule has 0 aromatic carbocycles. The fraction of sp³-hybridized carbons (Fsp3) is 0.889. The van der Waals surface area contributed by atoms with E-state index >= 15 is 0 Å². The minimum Gasteiger partial charge on any atom is -0.465 e. The van der Waals surface area contributed by atoms with Gasteiger partial charge >= 0.3 is 6.09 Å². The SMILES string of the molecule is CC(C)(C)C1CCN(C(=O)O)C1. The first-order valence-corrected chi connectivity index (χ1v) is 4.39. The van der Waals surface area contributed by atoms with Crippen LogP contribution >= 0.6 is 0 Å². The van der Waals surface area contributed by atoms with E-state index in [1.165, 1.54) is 4.90 Å². The molecule has 1 amide bonds. The summed E-state index contributed by atoms with van der Waals surface area (Å²) >= 11 is 0. The zero-order valence-electron chi connectivity index (χ0n) is 8.00. The summed E-state index contributed by atoms with van der Waals surface area (Å²) in [5.41, 5.74) is 0.240. The minimum atomic E-state index is -0.776. The molecule has 12 heavy (non-hydrogen) atoms. The van der Waals surface area contributed by atoms with Crippen LogP contribution in [0.15, 0.2) is 0 Å². The van der Waals surface area contributed by atoms with Gasteiger partial charge in [-0.25, -0.2) is 4.79 Å². The van der Waals surface area contributed by atoms with Crippen molar-refractivity contribution in [2.24, 2.45) is 11.3 Å². The molecule has 1 aliphatic rings. The van der Waals surface area contributed by atoms with Crippen LogP contribution in [0, 0.1) is 11.3 Å². The first kappa shape index (κ1) is 9.36. The lowest BCUT2D eigenvalue weighted by molar-refractivity contribution is 0.149. The number of carbonyl (C=O) groups is 1. The van der Waals surface area contributed by atoms with Gasteiger partial charge in [0.05, 0.1) is 0 Å². The van der Waals surface area contributed by atoms with Gasteiger partial charge < -0.3 is 10.0 Å². The summed E-state index contributed by atoms with van der Waals surface area (Å²) in [6.07, 6.45) is 0.234. The molecule has 0 aromatic heterocycles. The molecule has 1 rings (SSSR count). The highest BCUT2D eigenvalue weighted by atomic mass is 16.4. The molecule has 0 radical (unpaired) electrons. The number of carboxylic acid groups (broad SMARTS) is 1. The van der Waals surface area contributed by atoms with Gasteiger partial charge in [-0.1, -0.05) is 20.8 Å². The van der Waals surface area contributed by atoms with Crippen molar-refractivity contribution < 1.29 is 9.90 Å². The van der Waals surface area contributed by atoms with Gasteiger partial charge in [-0.3, -0.25) is 0 Å². The predicted octanol–water partition coefficient (Wildman–Crippen LogP) is 2.03. The molecular formula is C9H17NO2. The quantitative estimate of drug-likeness (QED) is 0.605. The third kappa shape index (κ3) is 1.90. The monoisotopic (exact) mass is 171 g/mol. The topological polar surface area (TPSA) is 40.5 Å². The molecule has 1 heterocycles. The molecule has 0 aliphatic carbocycles. The Kier molecular flexibility index (Phi) is 2.31. The van der Waals surface area contributed by atoms with E-state index in [2.05, 4.69) is 20.8 Å². The third-order valence-electron chi connectivity index (χ3n) is 2.68. The van der Waals surface area contributed by atoms with E-state index in [1.54, 1.807) is 0 Å². The number of amides is 1. The molecule has 0 bridgehead atoms. The van der Waals surface area contributed by atoms with Crippen molar-refractivity contribution in [2.75, 3.05) is 13.1 Å². The van der Waals surface area contributed by atoms with Crippen LogP contribution in [-0.4, -0.2) is 29.2 Å². The third-order valence-corrected chi connectivity index (χ3v) is 2.68. The van der Waals surface area contributed by atoms with Gasteiger partial charge in [0.1, 0.15) is 0 Å². The van der Waals surface area contributed by atoms with E-state index < -0.39 is 6.09 Å². The second-order valence-electron chi connectivity index (χ2n) is 4.58. The van der Waals surface area contributed by atoms with Crippen molar-refractivity contribution in [1.82, 2.24) is 4.90 Å². The van der Waals surface area contributed by atoms with Crippen molar-refractivity contribution in [1.29, 1.82) is 0 Å². The van der Waals surface area contributed by atoms with Crippen LogP contribution in [0.1, 0.15) is 27.2 Å². The van der Waals surface area contributed by atoms with Crippen LogP contribution in [0.5, 0.6) is 0 Å². The van der Waals surface area contributed by atoms with Crippen molar-refractivity contribution in [3.63, 3.8) is 0 Å². The highest BCUT2D eigenvalue weighted by Crippen LogP contribution is 2.33. The molecule has 1 unspecified atom stereocenters. The number of rotatable bonds is 0. The van der Waals surface area contributed by atoms with E-state index in [1.807, 2.05) is 0 Å². The van der Waals surface area contributed by atoms with Crippen LogP contribution in [0.2, 0.25) is 0 Å². The smallest absolute Gasteiger partial charge is 0.407 e. The summed E-state index contributed by atoms with van der Waals surface area (Å²) in [4.78, 5) is 12.1. The Labute approximate surface area is 73.4 Å². The number of hydrogen-bond acceptors (Lipinski definition) is 1. The number of hydrogen-bond donors (Lipinski definition) is 1. The first-order chi connectivity index (χ1) is 5.41. The van der Waals surface area contributed by atoms with Crippen molar-refractivity contribution >= 4 is 6.09 Å². The second kappa shape index (κ2) is 2.96. The summed E-state index contributed by atoms with van der Waals surface area (Å²) < 4.78 is 0. The highest BCUT2D eigenvalue weighted by molar-refractivity contribution is 5.65. The van der Waals surface area contributed by atoms with Gasteiger partial charge in [0.25, 0.3) is 0 Å². The van der Waals surface area contributed by atoms with Gasteiger partial charge in [0.15, 0.2) is 0 Å². The summed E-state index contributed by atoms with van der Waals surface area (Å²) in [6.45, 7) is 7.92. The highest BCUT2D eigenvalue weighted by Gasteiger charge is 2.33. The maximum atomic E-state index is 10.6. The zero-order chi connectivity index (χ0) is 9.35. The number of nitrogens with zero attached hydrogens (tertiary/aromatic N) is 1. The standard InChI is InChI=1S/C9H17NO2/c1-9(2,3)7-4-5-10(6-7)8(11)12/h7H,4-6H2,1-3H3,(H,11,12). The second-order valence-corrected chi connectivity index (χ2v) is 4.58. The number of likely N-dealkylation sites (tertiary alicyclic amines) is 1. The summed E-state index contributed by atoms with van der Waals surface area (Å²) in [7, 11) is 0. The maximum Gasteiger partial charge on any atom is 0.407 e. The molecule has 0 spiro atoms. The summed E-state index contributed by atoms with van der Waals surface area (Å²) in [6, 6.07) is 0. The van der Waals surface area contributed by atoms with Crippen LogP contribution in [0.3, 0.4) is 0 Å². The normalized spacial score (nSPS) is 24.6. The van der Waals surface area contributed by atoms with Gasteiger partial charge in [0.2, 0.25) is 0 Å². The molecule has 1 fully saturated rings. The van der Waals surface area contributed by atoms with Gasteiger partial charge in [0, 0.05) is 13.1 Å². The van der Waals surface area contributed by atoms with E-state index in [0.29, 0.717) is 19.0 Å². The van der Waals surface area contributed by atoms with E-state index in [9.17, 15) is 4.79 Å². The van der Waals surface area contributed by atoms with Crippen LogP contribution in [0.25, 0.3) is 0 Å². The molecule has 1 saturated heterocycles. The Morgan fingerprint density at radius 3 is 2.33 bits per heavy atom. The largest absolute Gasteiger partial charge is 0.465 e. The minimum absolute atomic E-state index is 0.240. The van der Waals surface area contributed by atoms with Gasteiger partial charge in [-0.15, -0.1) is 0 Å². The lowest BCUT2D eigenvalue weighted by atomic mass is 9.80. The average Bonchev–Trinajstić information content (AvgIpc) is 2.30. The lowest BCUT2D eigenvalue weighted by Crippen LogP contribution is -2.29.